The average Bonchev–Trinajstić information content (AvgIpc) is 2.28. The van der Waals surface area contributed by atoms with Gasteiger partial charge in [0.05, 0.1) is 6.04 Å². The van der Waals surface area contributed by atoms with E-state index in [1.54, 1.807) is 6.92 Å². The van der Waals surface area contributed by atoms with Crippen LogP contribution in [0, 0.1) is 0 Å². The van der Waals surface area contributed by atoms with E-state index in [2.05, 4.69) is 50.4 Å². The highest BCUT2D eigenvalue weighted by Gasteiger charge is 2.12. The normalized spacial score (nSPS) is 12.5. The molecule has 0 aliphatic rings. The summed E-state index contributed by atoms with van der Waals surface area (Å²) in [5.74, 6) is -0.0960. The number of halogens is 1. The lowest BCUT2D eigenvalue weighted by atomic mass is 9.86. The van der Waals surface area contributed by atoms with E-state index < -0.39 is 6.04 Å². The van der Waals surface area contributed by atoms with Gasteiger partial charge in [-0.3, -0.25) is 4.79 Å². The molecule has 0 fully saturated rings. The van der Waals surface area contributed by atoms with Crippen molar-refractivity contribution in [3.63, 3.8) is 0 Å². The second-order valence-corrected chi connectivity index (χ2v) is 5.78. The number of hydrogen-bond acceptors (Lipinski definition) is 2. The van der Waals surface area contributed by atoms with E-state index in [-0.39, 0.29) is 23.7 Å². The molecule has 0 heterocycles. The molecule has 0 aliphatic carbocycles. The third-order valence-corrected chi connectivity index (χ3v) is 2.95. The van der Waals surface area contributed by atoms with Crippen LogP contribution < -0.4 is 11.1 Å². The Balaban J connectivity index is 0.00000324. The van der Waals surface area contributed by atoms with Gasteiger partial charge in [0.2, 0.25) is 5.91 Å². The first kappa shape index (κ1) is 17.9. The van der Waals surface area contributed by atoms with Crippen LogP contribution >= 0.6 is 12.4 Å². The Morgan fingerprint density at radius 3 is 2.21 bits per heavy atom. The fourth-order valence-electron chi connectivity index (χ4n) is 1.66. The molecule has 1 atom stereocenters. The fourth-order valence-corrected chi connectivity index (χ4v) is 1.66. The molecule has 0 saturated heterocycles. The van der Waals surface area contributed by atoms with Crippen molar-refractivity contribution in [1.82, 2.24) is 5.32 Å². The Bertz CT molecular complexity index is 394. The van der Waals surface area contributed by atoms with Gasteiger partial charge in [0.15, 0.2) is 0 Å². The lowest BCUT2D eigenvalue weighted by Crippen LogP contribution is -2.39. The summed E-state index contributed by atoms with van der Waals surface area (Å²) in [5, 5.41) is 2.81. The van der Waals surface area contributed by atoms with Gasteiger partial charge < -0.3 is 11.1 Å². The monoisotopic (exact) mass is 284 g/mol. The number of nitrogens with one attached hydrogen (secondary N) is 1. The number of hydrogen-bond donors (Lipinski definition) is 2. The number of carbonyl (C=O) groups is 1. The molecule has 3 nitrogen and oxygen atoms in total. The molecule has 1 amide bonds. The van der Waals surface area contributed by atoms with Gasteiger partial charge >= 0.3 is 0 Å². The van der Waals surface area contributed by atoms with Gasteiger partial charge in [-0.2, -0.15) is 0 Å². The first-order chi connectivity index (χ1) is 8.30. The standard InChI is InChI=1S/C15H24N2O.ClH/c1-11(16)14(18)17-10-9-12-5-7-13(8-6-12)15(2,3)4;/h5-8,11H,9-10,16H2,1-4H3,(H,17,18);1H. The summed E-state index contributed by atoms with van der Waals surface area (Å²) >= 11 is 0. The van der Waals surface area contributed by atoms with E-state index in [4.69, 9.17) is 5.73 Å². The minimum atomic E-state index is -0.437. The van der Waals surface area contributed by atoms with Crippen molar-refractivity contribution in [2.24, 2.45) is 5.73 Å². The lowest BCUT2D eigenvalue weighted by Gasteiger charge is -2.19. The summed E-state index contributed by atoms with van der Waals surface area (Å²) < 4.78 is 0. The third-order valence-electron chi connectivity index (χ3n) is 2.95. The van der Waals surface area contributed by atoms with Crippen LogP contribution in [0.3, 0.4) is 0 Å². The predicted octanol–water partition coefficient (Wildman–Crippen LogP) is 2.41. The van der Waals surface area contributed by atoms with Crippen molar-refractivity contribution >= 4 is 18.3 Å². The molecule has 19 heavy (non-hydrogen) atoms. The van der Waals surface area contributed by atoms with Gasteiger partial charge in [0.25, 0.3) is 0 Å². The van der Waals surface area contributed by atoms with Crippen LogP contribution in [-0.2, 0) is 16.6 Å². The Kier molecular flexibility index (Phi) is 7.09. The maximum Gasteiger partial charge on any atom is 0.236 e. The van der Waals surface area contributed by atoms with E-state index in [1.165, 1.54) is 11.1 Å². The minimum absolute atomic E-state index is 0. The second-order valence-electron chi connectivity index (χ2n) is 5.78. The van der Waals surface area contributed by atoms with Crippen molar-refractivity contribution in [3.05, 3.63) is 35.4 Å². The summed E-state index contributed by atoms with van der Waals surface area (Å²) in [4.78, 5) is 11.3. The molecule has 0 aliphatic heterocycles. The lowest BCUT2D eigenvalue weighted by molar-refractivity contribution is -0.121. The molecule has 3 N–H and O–H groups in total. The van der Waals surface area contributed by atoms with Crippen LogP contribution in [0.1, 0.15) is 38.8 Å². The Morgan fingerprint density at radius 2 is 1.79 bits per heavy atom. The average molecular weight is 285 g/mol. The van der Waals surface area contributed by atoms with Crippen LogP contribution in [0.4, 0.5) is 0 Å². The molecule has 0 spiro atoms. The zero-order chi connectivity index (χ0) is 13.8. The molecule has 0 radical (unpaired) electrons. The molecule has 0 aromatic heterocycles. The van der Waals surface area contributed by atoms with Crippen molar-refractivity contribution in [1.29, 1.82) is 0 Å². The van der Waals surface area contributed by atoms with E-state index in [0.29, 0.717) is 6.54 Å². The van der Waals surface area contributed by atoms with Gasteiger partial charge in [0, 0.05) is 6.54 Å². The van der Waals surface area contributed by atoms with Crippen LogP contribution in [0.5, 0.6) is 0 Å². The SMILES string of the molecule is CC(N)C(=O)NCCc1ccc(C(C)(C)C)cc1.Cl. The van der Waals surface area contributed by atoms with Gasteiger partial charge in [-0.1, -0.05) is 45.0 Å². The molecule has 1 aromatic carbocycles. The van der Waals surface area contributed by atoms with Crippen LogP contribution in [0.15, 0.2) is 24.3 Å². The maximum atomic E-state index is 11.3. The Hall–Kier alpha value is -1.06. The van der Waals surface area contributed by atoms with E-state index >= 15 is 0 Å². The minimum Gasteiger partial charge on any atom is -0.354 e. The molecular formula is C15H25ClN2O. The third kappa shape index (κ3) is 6.08. The van der Waals surface area contributed by atoms with Gasteiger partial charge in [-0.05, 0) is 29.9 Å². The van der Waals surface area contributed by atoms with Crippen LogP contribution in [-0.4, -0.2) is 18.5 Å². The number of benzene rings is 1. The van der Waals surface area contributed by atoms with E-state index in [1.807, 2.05) is 0 Å². The van der Waals surface area contributed by atoms with Gasteiger partial charge in [-0.15, -0.1) is 12.4 Å². The fraction of sp³-hybridized carbons (Fsp3) is 0.533. The van der Waals surface area contributed by atoms with E-state index in [9.17, 15) is 4.79 Å². The highest BCUT2D eigenvalue weighted by Crippen LogP contribution is 2.22. The number of rotatable bonds is 4. The molecule has 1 rings (SSSR count). The van der Waals surface area contributed by atoms with Crippen molar-refractivity contribution in [3.8, 4) is 0 Å². The summed E-state index contributed by atoms with van der Waals surface area (Å²) in [6.45, 7) is 8.92. The first-order valence-corrected chi connectivity index (χ1v) is 6.43. The highest BCUT2D eigenvalue weighted by atomic mass is 35.5. The van der Waals surface area contributed by atoms with Crippen molar-refractivity contribution in [2.75, 3.05) is 6.54 Å². The van der Waals surface area contributed by atoms with Gasteiger partial charge in [-0.25, -0.2) is 0 Å². The molecule has 1 aromatic rings. The quantitative estimate of drug-likeness (QED) is 0.892. The number of carbonyl (C=O) groups excluding carboxylic acids is 1. The van der Waals surface area contributed by atoms with Gasteiger partial charge in [0.1, 0.15) is 0 Å². The zero-order valence-corrected chi connectivity index (χ0v) is 13.0. The van der Waals surface area contributed by atoms with Crippen LogP contribution in [0.25, 0.3) is 0 Å². The number of nitrogens with two attached hydrogens (primary N) is 1. The number of amides is 1. The molecule has 0 saturated carbocycles. The molecule has 1 unspecified atom stereocenters. The zero-order valence-electron chi connectivity index (χ0n) is 12.2. The Morgan fingerprint density at radius 1 is 1.26 bits per heavy atom. The van der Waals surface area contributed by atoms with Crippen molar-refractivity contribution < 1.29 is 4.79 Å². The largest absolute Gasteiger partial charge is 0.354 e. The molecule has 4 heteroatoms. The maximum absolute atomic E-state index is 11.3. The molecule has 0 bridgehead atoms. The van der Waals surface area contributed by atoms with E-state index in [0.717, 1.165) is 6.42 Å². The predicted molar refractivity (Wildman–Crippen MR) is 82.8 cm³/mol. The topological polar surface area (TPSA) is 55.1 Å². The van der Waals surface area contributed by atoms with Crippen molar-refractivity contribution in [2.45, 2.75) is 45.6 Å². The summed E-state index contributed by atoms with van der Waals surface area (Å²) in [5.41, 5.74) is 8.21. The summed E-state index contributed by atoms with van der Waals surface area (Å²) in [7, 11) is 0. The molecular weight excluding hydrogens is 260 g/mol. The summed E-state index contributed by atoms with van der Waals surface area (Å²) in [6.07, 6.45) is 0.836. The highest BCUT2D eigenvalue weighted by molar-refractivity contribution is 5.85. The van der Waals surface area contributed by atoms with Crippen LogP contribution in [0.2, 0.25) is 0 Å². The first-order valence-electron chi connectivity index (χ1n) is 6.43. The summed E-state index contributed by atoms with van der Waals surface area (Å²) in [6, 6.07) is 8.12. The molecule has 108 valence electrons. The second kappa shape index (κ2) is 7.51. The smallest absolute Gasteiger partial charge is 0.236 e. The Labute approximate surface area is 122 Å².